The highest BCUT2D eigenvalue weighted by Gasteiger charge is 2.36. The molecule has 1 amide bonds. The van der Waals surface area contributed by atoms with Crippen molar-refractivity contribution in [1.29, 1.82) is 0 Å². The number of carbonyl (C=O) groups is 1. The Balaban J connectivity index is 1.33. The first kappa shape index (κ1) is 21.1. The van der Waals surface area contributed by atoms with Gasteiger partial charge in [0.25, 0.3) is 5.91 Å². The lowest BCUT2D eigenvalue weighted by atomic mass is 9.89. The minimum absolute atomic E-state index is 0.0607. The van der Waals surface area contributed by atoms with Crippen molar-refractivity contribution < 1.29 is 9.90 Å². The summed E-state index contributed by atoms with van der Waals surface area (Å²) in [6.07, 6.45) is 7.55. The third-order valence-corrected chi connectivity index (χ3v) is 7.31. The van der Waals surface area contributed by atoms with Gasteiger partial charge < -0.3 is 15.4 Å². The second kappa shape index (κ2) is 8.99. The minimum atomic E-state index is -0.195. The molecular formula is C27H33N3O2. The van der Waals surface area contributed by atoms with Crippen molar-refractivity contribution in [2.45, 2.75) is 57.5 Å². The highest BCUT2D eigenvalue weighted by atomic mass is 16.3. The Morgan fingerprint density at radius 1 is 1.09 bits per heavy atom. The second-order valence-electron chi connectivity index (χ2n) is 9.66. The van der Waals surface area contributed by atoms with Gasteiger partial charge in [0.2, 0.25) is 0 Å². The van der Waals surface area contributed by atoms with Crippen LogP contribution in [0.15, 0.2) is 48.5 Å². The molecule has 1 saturated carbocycles. The lowest BCUT2D eigenvalue weighted by Crippen LogP contribution is -2.38. The monoisotopic (exact) mass is 431 g/mol. The van der Waals surface area contributed by atoms with Crippen molar-refractivity contribution in [3.8, 4) is 5.75 Å². The molecule has 0 spiro atoms. The summed E-state index contributed by atoms with van der Waals surface area (Å²) in [7, 11) is 0. The topological polar surface area (TPSA) is 68.4 Å². The third-order valence-electron chi connectivity index (χ3n) is 7.31. The molecule has 3 N–H and O–H groups in total. The summed E-state index contributed by atoms with van der Waals surface area (Å²) in [6, 6.07) is 15.9. The molecule has 1 aliphatic carbocycles. The van der Waals surface area contributed by atoms with Gasteiger partial charge in [-0.25, -0.2) is 0 Å². The number of aryl methyl sites for hydroxylation is 1. The van der Waals surface area contributed by atoms with Gasteiger partial charge in [0.15, 0.2) is 0 Å². The van der Waals surface area contributed by atoms with Gasteiger partial charge in [-0.3, -0.25) is 9.69 Å². The van der Waals surface area contributed by atoms with Gasteiger partial charge in [-0.2, -0.15) is 0 Å². The van der Waals surface area contributed by atoms with Gasteiger partial charge in [0.1, 0.15) is 5.75 Å². The molecule has 1 saturated heterocycles. The van der Waals surface area contributed by atoms with Gasteiger partial charge in [-0.05, 0) is 55.7 Å². The quantitative estimate of drug-likeness (QED) is 0.513. The lowest BCUT2D eigenvalue weighted by Gasteiger charge is -2.30. The van der Waals surface area contributed by atoms with Gasteiger partial charge in [0, 0.05) is 35.9 Å². The number of benzene rings is 2. The van der Waals surface area contributed by atoms with E-state index in [1.165, 1.54) is 43.5 Å². The maximum Gasteiger partial charge on any atom is 0.255 e. The van der Waals surface area contributed by atoms with Crippen molar-refractivity contribution in [2.75, 3.05) is 13.1 Å². The Kier molecular flexibility index (Phi) is 5.92. The third kappa shape index (κ3) is 4.26. The lowest BCUT2D eigenvalue weighted by molar-refractivity contribution is 0.0934. The van der Waals surface area contributed by atoms with Crippen LogP contribution in [0, 0.1) is 12.8 Å². The van der Waals surface area contributed by atoms with Crippen LogP contribution in [-0.4, -0.2) is 40.0 Å². The number of aromatic amines is 1. The minimum Gasteiger partial charge on any atom is -0.506 e. The fraction of sp³-hybridized carbons (Fsp3) is 0.444. The van der Waals surface area contributed by atoms with Crippen LogP contribution in [0.2, 0.25) is 0 Å². The zero-order chi connectivity index (χ0) is 22.1. The maximum absolute atomic E-state index is 13.1. The Hall–Kier alpha value is -2.79. The number of amides is 1. The normalized spacial score (nSPS) is 22.4. The molecule has 2 heterocycles. The van der Waals surface area contributed by atoms with Crippen molar-refractivity contribution in [2.24, 2.45) is 5.92 Å². The second-order valence-corrected chi connectivity index (χ2v) is 9.66. The summed E-state index contributed by atoms with van der Waals surface area (Å²) in [5.74, 6) is 0.620. The first-order valence-electron chi connectivity index (χ1n) is 12.0. The van der Waals surface area contributed by atoms with Crippen LogP contribution in [0.25, 0.3) is 10.8 Å². The zero-order valence-corrected chi connectivity index (χ0v) is 18.8. The number of nitrogens with zero attached hydrogens (tertiary/aromatic N) is 1. The van der Waals surface area contributed by atoms with Crippen LogP contribution < -0.4 is 5.32 Å². The molecule has 2 aromatic carbocycles. The highest BCUT2D eigenvalue weighted by molar-refractivity contribution is 6.03. The summed E-state index contributed by atoms with van der Waals surface area (Å²) in [6.45, 7) is 4.03. The predicted octanol–water partition coefficient (Wildman–Crippen LogP) is 5.31. The number of likely N-dealkylation sites (tertiary alicyclic amines) is 1. The Morgan fingerprint density at radius 3 is 2.69 bits per heavy atom. The number of phenols is 1. The van der Waals surface area contributed by atoms with Crippen LogP contribution in [0.4, 0.5) is 0 Å². The Labute approximate surface area is 189 Å². The number of H-pyrrole nitrogens is 1. The average Bonchev–Trinajstić information content (AvgIpc) is 3.40. The molecule has 5 nitrogen and oxygen atoms in total. The SMILES string of the molecule is Cc1ccc([C@@H]2C[C@H](NC(=O)c3ccc4ccccc4c3O)CN2CC2CCCCC2)[nH]1. The van der Waals surface area contributed by atoms with E-state index in [2.05, 4.69) is 34.3 Å². The van der Waals surface area contributed by atoms with Crippen LogP contribution >= 0.6 is 0 Å². The summed E-state index contributed by atoms with van der Waals surface area (Å²) in [4.78, 5) is 19.2. The van der Waals surface area contributed by atoms with E-state index in [-0.39, 0.29) is 17.7 Å². The van der Waals surface area contributed by atoms with E-state index in [0.29, 0.717) is 17.0 Å². The van der Waals surface area contributed by atoms with Gasteiger partial charge in [-0.1, -0.05) is 49.6 Å². The van der Waals surface area contributed by atoms with E-state index in [1.54, 1.807) is 6.07 Å². The molecule has 168 valence electrons. The van der Waals surface area contributed by atoms with Gasteiger partial charge in [-0.15, -0.1) is 0 Å². The van der Waals surface area contributed by atoms with E-state index < -0.39 is 0 Å². The molecule has 2 atom stereocenters. The maximum atomic E-state index is 13.1. The molecule has 2 aliphatic rings. The number of aromatic nitrogens is 1. The smallest absolute Gasteiger partial charge is 0.255 e. The van der Waals surface area contributed by atoms with Gasteiger partial charge in [0.05, 0.1) is 11.6 Å². The van der Waals surface area contributed by atoms with Crippen LogP contribution in [-0.2, 0) is 0 Å². The molecule has 0 bridgehead atoms. The number of nitrogens with one attached hydrogen (secondary N) is 2. The van der Waals surface area contributed by atoms with E-state index in [9.17, 15) is 9.90 Å². The van der Waals surface area contributed by atoms with E-state index in [1.807, 2.05) is 30.3 Å². The summed E-state index contributed by atoms with van der Waals surface area (Å²) < 4.78 is 0. The molecule has 1 aromatic heterocycles. The fourth-order valence-corrected chi connectivity index (χ4v) is 5.66. The van der Waals surface area contributed by atoms with Crippen LogP contribution in [0.3, 0.4) is 0 Å². The molecule has 0 unspecified atom stereocenters. The Bertz CT molecular complexity index is 1100. The number of phenolic OH excluding ortho intramolecular Hbond substituents is 1. The fourth-order valence-electron chi connectivity index (χ4n) is 5.66. The number of rotatable bonds is 5. The molecule has 0 radical (unpaired) electrons. The summed E-state index contributed by atoms with van der Waals surface area (Å²) in [5.41, 5.74) is 2.76. The van der Waals surface area contributed by atoms with Crippen molar-refractivity contribution >= 4 is 16.7 Å². The number of carbonyl (C=O) groups excluding carboxylic acids is 1. The average molecular weight is 432 g/mol. The first-order valence-corrected chi connectivity index (χ1v) is 12.0. The van der Waals surface area contributed by atoms with Crippen molar-refractivity contribution in [3.05, 3.63) is 65.5 Å². The van der Waals surface area contributed by atoms with E-state index in [0.717, 1.165) is 30.8 Å². The highest BCUT2D eigenvalue weighted by Crippen LogP contribution is 2.35. The van der Waals surface area contributed by atoms with Crippen molar-refractivity contribution in [1.82, 2.24) is 15.2 Å². The standard InChI is InChI=1S/C27H33N3O2/c1-18-11-14-24(28-18)25-15-21(17-30(25)16-19-7-3-2-4-8-19)29-27(32)23-13-12-20-9-5-6-10-22(20)26(23)31/h5-6,9-14,19,21,25,28,31H,2-4,7-8,15-17H2,1H3,(H,29,32)/t21-,25-/m0/s1. The Morgan fingerprint density at radius 2 is 1.91 bits per heavy atom. The molecule has 5 heteroatoms. The molecular weight excluding hydrogens is 398 g/mol. The molecule has 1 aliphatic heterocycles. The van der Waals surface area contributed by atoms with Crippen LogP contribution in [0.5, 0.6) is 5.75 Å². The van der Waals surface area contributed by atoms with Crippen molar-refractivity contribution in [3.63, 3.8) is 0 Å². The number of aromatic hydroxyl groups is 1. The molecule has 3 aromatic rings. The van der Waals surface area contributed by atoms with E-state index in [4.69, 9.17) is 0 Å². The first-order chi connectivity index (χ1) is 15.6. The van der Waals surface area contributed by atoms with Gasteiger partial charge >= 0.3 is 0 Å². The zero-order valence-electron chi connectivity index (χ0n) is 18.8. The number of hydrogen-bond acceptors (Lipinski definition) is 3. The largest absolute Gasteiger partial charge is 0.506 e. The number of hydrogen-bond donors (Lipinski definition) is 3. The van der Waals surface area contributed by atoms with Crippen LogP contribution in [0.1, 0.15) is 66.3 Å². The predicted molar refractivity (Wildman–Crippen MR) is 128 cm³/mol. The van der Waals surface area contributed by atoms with E-state index >= 15 is 0 Å². The summed E-state index contributed by atoms with van der Waals surface area (Å²) in [5, 5.41) is 15.6. The molecule has 2 fully saturated rings. The summed E-state index contributed by atoms with van der Waals surface area (Å²) >= 11 is 0. The molecule has 32 heavy (non-hydrogen) atoms. The number of fused-ring (bicyclic) bond motifs is 1. The molecule has 5 rings (SSSR count).